The van der Waals surface area contributed by atoms with Crippen molar-refractivity contribution < 1.29 is 14.2 Å². The van der Waals surface area contributed by atoms with Crippen LogP contribution in [0, 0.1) is 10.1 Å². The Morgan fingerprint density at radius 1 is 1.21 bits per heavy atom. The number of rotatable bonds is 6. The van der Waals surface area contributed by atoms with Crippen LogP contribution in [0.2, 0.25) is 0 Å². The second-order valence-corrected chi connectivity index (χ2v) is 5.09. The molecule has 1 atom stereocenters. The van der Waals surface area contributed by atoms with Crippen LogP contribution in [-0.2, 0) is 0 Å². The first kappa shape index (κ1) is 15.7. The number of hydrogen-bond donors (Lipinski definition) is 0. The highest BCUT2D eigenvalue weighted by molar-refractivity contribution is 5.58. The van der Waals surface area contributed by atoms with Crippen molar-refractivity contribution >= 4 is 5.69 Å². The molecule has 0 spiro atoms. The van der Waals surface area contributed by atoms with Gasteiger partial charge in [-0.15, -0.1) is 0 Å². The summed E-state index contributed by atoms with van der Waals surface area (Å²) in [6, 6.07) is 15.5. The highest BCUT2D eigenvalue weighted by atomic mass is 16.6. The molecule has 0 aliphatic carbocycles. The van der Waals surface area contributed by atoms with E-state index in [2.05, 4.69) is 10.1 Å². The topological polar surface area (TPSA) is 91.3 Å². The molecule has 0 amide bonds. The van der Waals surface area contributed by atoms with Gasteiger partial charge in [-0.1, -0.05) is 42.4 Å². The van der Waals surface area contributed by atoms with Crippen molar-refractivity contribution in [1.82, 2.24) is 10.1 Å². The Kier molecular flexibility index (Phi) is 4.51. The number of nitrogens with zero attached hydrogens (tertiary/aromatic N) is 3. The van der Waals surface area contributed by atoms with E-state index in [1.54, 1.807) is 12.1 Å². The van der Waals surface area contributed by atoms with Crippen LogP contribution in [0.4, 0.5) is 5.69 Å². The Hall–Kier alpha value is -3.22. The van der Waals surface area contributed by atoms with Gasteiger partial charge in [0.1, 0.15) is 5.75 Å². The maximum absolute atomic E-state index is 10.9. The fraction of sp³-hybridized carbons (Fsp3) is 0.176. The first-order valence-corrected chi connectivity index (χ1v) is 7.47. The van der Waals surface area contributed by atoms with Crippen LogP contribution in [0.5, 0.6) is 5.75 Å². The molecule has 0 aliphatic rings. The highest BCUT2D eigenvalue weighted by Gasteiger charge is 2.20. The molecule has 0 radical (unpaired) electrons. The summed E-state index contributed by atoms with van der Waals surface area (Å²) in [5.41, 5.74) is 0.500. The third kappa shape index (κ3) is 3.40. The predicted molar refractivity (Wildman–Crippen MR) is 86.5 cm³/mol. The van der Waals surface area contributed by atoms with Crippen LogP contribution in [0.15, 0.2) is 59.1 Å². The predicted octanol–water partition coefficient (Wildman–Crippen LogP) is 4.17. The molecule has 1 heterocycles. The molecule has 0 bridgehead atoms. The lowest BCUT2D eigenvalue weighted by Crippen LogP contribution is -2.06. The molecule has 2 aromatic carbocycles. The summed E-state index contributed by atoms with van der Waals surface area (Å²) in [7, 11) is 0. The van der Waals surface area contributed by atoms with Crippen molar-refractivity contribution in [3.63, 3.8) is 0 Å². The zero-order valence-electron chi connectivity index (χ0n) is 13.0. The molecule has 24 heavy (non-hydrogen) atoms. The van der Waals surface area contributed by atoms with E-state index in [9.17, 15) is 10.1 Å². The molecular weight excluding hydrogens is 310 g/mol. The van der Waals surface area contributed by atoms with Crippen molar-refractivity contribution in [2.24, 2.45) is 0 Å². The summed E-state index contributed by atoms with van der Waals surface area (Å²) < 4.78 is 11.1. The SMILES string of the molecule is CC[C@H](Oc1ccccc1)c1nc(-c2cccc([N+](=O)[O-])c2)no1. The number of ether oxygens (including phenoxy) is 1. The Balaban J connectivity index is 1.83. The van der Waals surface area contributed by atoms with Crippen LogP contribution in [0.1, 0.15) is 25.3 Å². The number of non-ortho nitro benzene ring substituents is 1. The van der Waals surface area contributed by atoms with Crippen molar-refractivity contribution in [3.05, 3.63) is 70.6 Å². The molecule has 0 fully saturated rings. The van der Waals surface area contributed by atoms with Crippen molar-refractivity contribution in [2.45, 2.75) is 19.4 Å². The maximum Gasteiger partial charge on any atom is 0.270 e. The van der Waals surface area contributed by atoms with Gasteiger partial charge in [-0.2, -0.15) is 4.98 Å². The number of para-hydroxylation sites is 1. The minimum atomic E-state index is -0.460. The van der Waals surface area contributed by atoms with E-state index in [0.717, 1.165) is 0 Å². The standard InChI is InChI=1S/C17H15N3O4/c1-2-15(23-14-9-4-3-5-10-14)17-18-16(19-24-17)12-7-6-8-13(11-12)20(21)22/h3-11,15H,2H2,1H3/t15-/m0/s1. The molecule has 7 heteroatoms. The van der Waals surface area contributed by atoms with Crippen LogP contribution < -0.4 is 4.74 Å². The summed E-state index contributed by atoms with van der Waals surface area (Å²) in [5, 5.41) is 14.8. The van der Waals surface area contributed by atoms with Gasteiger partial charge >= 0.3 is 0 Å². The molecule has 0 aliphatic heterocycles. The smallest absolute Gasteiger partial charge is 0.270 e. The number of nitro groups is 1. The fourth-order valence-electron chi connectivity index (χ4n) is 2.21. The van der Waals surface area contributed by atoms with E-state index in [1.165, 1.54) is 12.1 Å². The van der Waals surface area contributed by atoms with Crippen LogP contribution in [0.25, 0.3) is 11.4 Å². The minimum absolute atomic E-state index is 0.0218. The van der Waals surface area contributed by atoms with Crippen molar-refractivity contribution in [1.29, 1.82) is 0 Å². The van der Waals surface area contributed by atoms with Crippen molar-refractivity contribution in [3.8, 4) is 17.1 Å². The average molecular weight is 325 g/mol. The minimum Gasteiger partial charge on any atom is -0.481 e. The molecular formula is C17H15N3O4. The number of aromatic nitrogens is 2. The first-order valence-electron chi connectivity index (χ1n) is 7.47. The summed E-state index contributed by atoms with van der Waals surface area (Å²) >= 11 is 0. The molecule has 7 nitrogen and oxygen atoms in total. The van der Waals surface area contributed by atoms with Gasteiger partial charge < -0.3 is 9.26 Å². The van der Waals surface area contributed by atoms with Gasteiger partial charge in [0.2, 0.25) is 5.82 Å². The molecule has 3 rings (SSSR count). The third-order valence-electron chi connectivity index (χ3n) is 3.42. The van der Waals surface area contributed by atoms with Crippen LogP contribution in [-0.4, -0.2) is 15.1 Å². The van der Waals surface area contributed by atoms with E-state index in [-0.39, 0.29) is 11.8 Å². The lowest BCUT2D eigenvalue weighted by atomic mass is 10.2. The highest BCUT2D eigenvalue weighted by Crippen LogP contribution is 2.26. The van der Waals surface area contributed by atoms with E-state index in [0.29, 0.717) is 29.4 Å². The Morgan fingerprint density at radius 2 is 2.00 bits per heavy atom. The lowest BCUT2D eigenvalue weighted by Gasteiger charge is -2.13. The van der Waals surface area contributed by atoms with Gasteiger partial charge in [0, 0.05) is 17.7 Å². The summed E-state index contributed by atoms with van der Waals surface area (Å²) in [4.78, 5) is 14.7. The average Bonchev–Trinajstić information content (AvgIpc) is 3.10. The third-order valence-corrected chi connectivity index (χ3v) is 3.42. The van der Waals surface area contributed by atoms with Gasteiger partial charge in [-0.3, -0.25) is 10.1 Å². The number of benzene rings is 2. The lowest BCUT2D eigenvalue weighted by molar-refractivity contribution is -0.384. The molecule has 0 unspecified atom stereocenters. The maximum atomic E-state index is 10.9. The van der Waals surface area contributed by atoms with Crippen LogP contribution in [0.3, 0.4) is 0 Å². The Labute approximate surface area is 138 Å². The molecule has 3 aromatic rings. The summed E-state index contributed by atoms with van der Waals surface area (Å²) in [5.74, 6) is 1.34. The largest absolute Gasteiger partial charge is 0.481 e. The normalized spacial score (nSPS) is 11.9. The number of hydrogen-bond acceptors (Lipinski definition) is 6. The zero-order chi connectivity index (χ0) is 16.9. The monoisotopic (exact) mass is 325 g/mol. The second-order valence-electron chi connectivity index (χ2n) is 5.09. The molecule has 1 aromatic heterocycles. The van der Waals surface area contributed by atoms with Gasteiger partial charge in [-0.05, 0) is 18.6 Å². The molecule has 0 N–H and O–H groups in total. The number of nitro benzene ring substituents is 1. The summed E-state index contributed by atoms with van der Waals surface area (Å²) in [6.07, 6.45) is 0.262. The van der Waals surface area contributed by atoms with Crippen molar-refractivity contribution in [2.75, 3.05) is 0 Å². The molecule has 0 saturated carbocycles. The quantitative estimate of drug-likeness (QED) is 0.499. The van der Waals surface area contributed by atoms with Gasteiger partial charge in [-0.25, -0.2) is 0 Å². The first-order chi connectivity index (χ1) is 11.7. The summed E-state index contributed by atoms with van der Waals surface area (Å²) in [6.45, 7) is 1.95. The van der Waals surface area contributed by atoms with E-state index in [4.69, 9.17) is 9.26 Å². The zero-order valence-corrected chi connectivity index (χ0v) is 13.0. The van der Waals surface area contributed by atoms with Gasteiger partial charge in [0.15, 0.2) is 6.10 Å². The van der Waals surface area contributed by atoms with E-state index in [1.807, 2.05) is 37.3 Å². The fourth-order valence-corrected chi connectivity index (χ4v) is 2.21. The Morgan fingerprint density at radius 3 is 2.71 bits per heavy atom. The van der Waals surface area contributed by atoms with Gasteiger partial charge in [0.05, 0.1) is 4.92 Å². The van der Waals surface area contributed by atoms with Gasteiger partial charge in [0.25, 0.3) is 11.6 Å². The molecule has 122 valence electrons. The van der Waals surface area contributed by atoms with Crippen LogP contribution >= 0.6 is 0 Å². The Bertz CT molecular complexity index is 833. The molecule has 0 saturated heterocycles. The van der Waals surface area contributed by atoms with E-state index < -0.39 is 4.92 Å². The second kappa shape index (κ2) is 6.91. The van der Waals surface area contributed by atoms with E-state index >= 15 is 0 Å².